The zero-order chi connectivity index (χ0) is 15.2. The molecule has 0 spiro atoms. The standard InChI is InChI=1S/C15H16N2O3S/c1-3-8-20-15(19)11-4-6-12(7-5-11)17-14(18)13-10(2)16-9-21-13/h4-7,9H,3,8H2,1-2H3,(H,17,18). The van der Waals surface area contributed by atoms with Gasteiger partial charge >= 0.3 is 5.97 Å². The van der Waals surface area contributed by atoms with Crippen LogP contribution in [-0.4, -0.2) is 23.5 Å². The minimum Gasteiger partial charge on any atom is -0.462 e. The minimum absolute atomic E-state index is 0.198. The van der Waals surface area contributed by atoms with Crippen LogP contribution in [-0.2, 0) is 4.74 Å². The highest BCUT2D eigenvalue weighted by Gasteiger charge is 2.12. The summed E-state index contributed by atoms with van der Waals surface area (Å²) in [7, 11) is 0. The third-order valence-electron chi connectivity index (χ3n) is 2.77. The summed E-state index contributed by atoms with van der Waals surface area (Å²) < 4.78 is 5.04. The molecule has 1 amide bonds. The molecule has 1 aromatic heterocycles. The van der Waals surface area contributed by atoms with E-state index >= 15 is 0 Å². The summed E-state index contributed by atoms with van der Waals surface area (Å²) in [5.74, 6) is -0.552. The molecule has 1 N–H and O–H groups in total. The number of benzene rings is 1. The second-order valence-electron chi connectivity index (χ2n) is 4.43. The molecule has 0 aliphatic heterocycles. The van der Waals surface area contributed by atoms with Crippen LogP contribution in [0.5, 0.6) is 0 Å². The van der Waals surface area contributed by atoms with Gasteiger partial charge in [0.25, 0.3) is 5.91 Å². The number of thiazole rings is 1. The Balaban J connectivity index is 2.01. The highest BCUT2D eigenvalue weighted by atomic mass is 32.1. The summed E-state index contributed by atoms with van der Waals surface area (Å²) in [5.41, 5.74) is 3.43. The van der Waals surface area contributed by atoms with Crippen LogP contribution in [0.15, 0.2) is 29.8 Å². The van der Waals surface area contributed by atoms with E-state index in [0.717, 1.165) is 6.42 Å². The molecule has 0 atom stereocenters. The van der Waals surface area contributed by atoms with E-state index in [1.807, 2.05) is 6.92 Å². The Morgan fingerprint density at radius 2 is 2.00 bits per heavy atom. The predicted octanol–water partition coefficient (Wildman–Crippen LogP) is 3.27. The van der Waals surface area contributed by atoms with Gasteiger partial charge in [0, 0.05) is 5.69 Å². The maximum atomic E-state index is 12.0. The highest BCUT2D eigenvalue weighted by Crippen LogP contribution is 2.16. The van der Waals surface area contributed by atoms with Crippen molar-refractivity contribution < 1.29 is 14.3 Å². The van der Waals surface area contributed by atoms with Crippen molar-refractivity contribution in [2.24, 2.45) is 0 Å². The van der Waals surface area contributed by atoms with Crippen LogP contribution >= 0.6 is 11.3 Å². The number of ether oxygens (including phenoxy) is 1. The van der Waals surface area contributed by atoms with E-state index in [0.29, 0.717) is 28.4 Å². The van der Waals surface area contributed by atoms with Gasteiger partial charge in [-0.05, 0) is 37.6 Å². The number of rotatable bonds is 5. The Bertz CT molecular complexity index is 635. The van der Waals surface area contributed by atoms with E-state index in [9.17, 15) is 9.59 Å². The van der Waals surface area contributed by atoms with E-state index in [-0.39, 0.29) is 11.9 Å². The Morgan fingerprint density at radius 3 is 2.57 bits per heavy atom. The topological polar surface area (TPSA) is 68.3 Å². The average molecular weight is 304 g/mol. The van der Waals surface area contributed by atoms with Crippen molar-refractivity contribution >= 4 is 28.9 Å². The second-order valence-corrected chi connectivity index (χ2v) is 5.29. The quantitative estimate of drug-likeness (QED) is 0.861. The van der Waals surface area contributed by atoms with E-state index in [1.165, 1.54) is 11.3 Å². The molecule has 0 radical (unpaired) electrons. The predicted molar refractivity (Wildman–Crippen MR) is 81.8 cm³/mol. The molecule has 1 aromatic carbocycles. The van der Waals surface area contributed by atoms with E-state index in [4.69, 9.17) is 4.74 Å². The number of aryl methyl sites for hydroxylation is 1. The molecule has 2 aromatic rings. The summed E-state index contributed by atoms with van der Waals surface area (Å²) in [5, 5.41) is 2.77. The van der Waals surface area contributed by atoms with Gasteiger partial charge in [-0.1, -0.05) is 6.92 Å². The van der Waals surface area contributed by atoms with E-state index < -0.39 is 0 Å². The van der Waals surface area contributed by atoms with Gasteiger partial charge in [-0.3, -0.25) is 4.79 Å². The van der Waals surface area contributed by atoms with Crippen LogP contribution in [0.1, 0.15) is 39.1 Å². The zero-order valence-corrected chi connectivity index (χ0v) is 12.7. The molecule has 1 heterocycles. The number of carbonyl (C=O) groups is 2. The normalized spacial score (nSPS) is 10.2. The van der Waals surface area contributed by atoms with Gasteiger partial charge in [-0.25, -0.2) is 9.78 Å². The fourth-order valence-electron chi connectivity index (χ4n) is 1.68. The first-order valence-corrected chi connectivity index (χ1v) is 7.48. The van der Waals surface area contributed by atoms with Gasteiger partial charge in [0.2, 0.25) is 0 Å². The molecule has 0 saturated heterocycles. The van der Waals surface area contributed by atoms with Gasteiger partial charge < -0.3 is 10.1 Å². The van der Waals surface area contributed by atoms with Crippen LogP contribution in [0.25, 0.3) is 0 Å². The van der Waals surface area contributed by atoms with Crippen LogP contribution in [0.3, 0.4) is 0 Å². The van der Waals surface area contributed by atoms with Gasteiger partial charge in [0.1, 0.15) is 4.88 Å². The fourth-order valence-corrected chi connectivity index (χ4v) is 2.37. The second kappa shape index (κ2) is 6.99. The molecule has 0 aliphatic rings. The van der Waals surface area contributed by atoms with Crippen LogP contribution in [0, 0.1) is 6.92 Å². The summed E-state index contributed by atoms with van der Waals surface area (Å²) >= 11 is 1.30. The molecule has 110 valence electrons. The maximum Gasteiger partial charge on any atom is 0.338 e. The average Bonchev–Trinajstić information content (AvgIpc) is 2.91. The maximum absolute atomic E-state index is 12.0. The Kier molecular flexibility index (Phi) is 5.05. The minimum atomic E-state index is -0.354. The number of anilines is 1. The largest absolute Gasteiger partial charge is 0.462 e. The number of nitrogens with zero attached hydrogens (tertiary/aromatic N) is 1. The number of nitrogens with one attached hydrogen (secondary N) is 1. The number of amides is 1. The lowest BCUT2D eigenvalue weighted by molar-refractivity contribution is 0.0505. The number of hydrogen-bond donors (Lipinski definition) is 1. The monoisotopic (exact) mass is 304 g/mol. The Morgan fingerprint density at radius 1 is 1.29 bits per heavy atom. The lowest BCUT2D eigenvalue weighted by Gasteiger charge is -2.06. The highest BCUT2D eigenvalue weighted by molar-refractivity contribution is 7.12. The van der Waals surface area contributed by atoms with Crippen LogP contribution < -0.4 is 5.32 Å². The number of esters is 1. The molecule has 6 heteroatoms. The number of aromatic nitrogens is 1. The summed E-state index contributed by atoms with van der Waals surface area (Å²) in [6.07, 6.45) is 0.786. The third-order valence-corrected chi connectivity index (χ3v) is 3.69. The lowest BCUT2D eigenvalue weighted by Crippen LogP contribution is -2.12. The van der Waals surface area contributed by atoms with Gasteiger partial charge in [0.05, 0.1) is 23.4 Å². The molecule has 0 saturated carbocycles. The van der Waals surface area contributed by atoms with Gasteiger partial charge in [-0.2, -0.15) is 0 Å². The third kappa shape index (κ3) is 3.88. The number of hydrogen-bond acceptors (Lipinski definition) is 5. The van der Waals surface area contributed by atoms with Gasteiger partial charge in [0.15, 0.2) is 0 Å². The van der Waals surface area contributed by atoms with E-state index in [2.05, 4.69) is 10.3 Å². The molecule has 0 bridgehead atoms. The smallest absolute Gasteiger partial charge is 0.338 e. The fraction of sp³-hybridized carbons (Fsp3) is 0.267. The summed E-state index contributed by atoms with van der Waals surface area (Å²) in [6.45, 7) is 4.13. The van der Waals surface area contributed by atoms with Crippen LogP contribution in [0.2, 0.25) is 0 Å². The van der Waals surface area contributed by atoms with Crippen molar-refractivity contribution in [3.05, 3.63) is 45.9 Å². The molecular weight excluding hydrogens is 288 g/mol. The molecule has 2 rings (SSSR count). The molecule has 0 unspecified atom stereocenters. The first-order valence-electron chi connectivity index (χ1n) is 6.60. The van der Waals surface area contributed by atoms with Crippen molar-refractivity contribution in [1.29, 1.82) is 0 Å². The molecular formula is C15H16N2O3S. The van der Waals surface area contributed by atoms with Crippen LogP contribution in [0.4, 0.5) is 5.69 Å². The van der Waals surface area contributed by atoms with Crippen molar-refractivity contribution in [1.82, 2.24) is 4.98 Å². The van der Waals surface area contributed by atoms with E-state index in [1.54, 1.807) is 36.7 Å². The first kappa shape index (κ1) is 15.2. The molecule has 21 heavy (non-hydrogen) atoms. The summed E-state index contributed by atoms with van der Waals surface area (Å²) in [4.78, 5) is 28.3. The molecule has 0 fully saturated rings. The number of carbonyl (C=O) groups excluding carboxylic acids is 2. The van der Waals surface area contributed by atoms with Crippen molar-refractivity contribution in [2.45, 2.75) is 20.3 Å². The molecule has 0 aliphatic carbocycles. The lowest BCUT2D eigenvalue weighted by atomic mass is 10.2. The summed E-state index contributed by atoms with van der Waals surface area (Å²) in [6, 6.07) is 6.62. The van der Waals surface area contributed by atoms with Crippen molar-refractivity contribution in [3.8, 4) is 0 Å². The molecule has 5 nitrogen and oxygen atoms in total. The Labute approximate surface area is 127 Å². The van der Waals surface area contributed by atoms with Crippen molar-refractivity contribution in [2.75, 3.05) is 11.9 Å². The van der Waals surface area contributed by atoms with Crippen molar-refractivity contribution in [3.63, 3.8) is 0 Å². The SMILES string of the molecule is CCCOC(=O)c1ccc(NC(=O)c2scnc2C)cc1. The first-order chi connectivity index (χ1) is 10.1. The Hall–Kier alpha value is -2.21. The zero-order valence-electron chi connectivity index (χ0n) is 11.9. The van der Waals surface area contributed by atoms with Gasteiger partial charge in [-0.15, -0.1) is 11.3 Å².